The molecule has 0 aromatic carbocycles. The lowest BCUT2D eigenvalue weighted by Gasteiger charge is -2.27. The maximum Gasteiger partial charge on any atom is 0.238 e. The van der Waals surface area contributed by atoms with Gasteiger partial charge in [0, 0.05) is 13.3 Å². The highest BCUT2D eigenvalue weighted by atomic mass is 16.5. The summed E-state index contributed by atoms with van der Waals surface area (Å²) in [5.74, 6) is 1.26. The first-order valence-electron chi connectivity index (χ1n) is 5.67. The number of nitrogens with zero attached hydrogens (tertiary/aromatic N) is 3. The Morgan fingerprint density at radius 3 is 2.75 bits per heavy atom. The summed E-state index contributed by atoms with van der Waals surface area (Å²) in [6, 6.07) is 0. The third kappa shape index (κ3) is 2.66. The molecule has 1 aromatic heterocycles. The number of rotatable bonds is 3. The van der Waals surface area contributed by atoms with Crippen molar-refractivity contribution in [1.82, 2.24) is 15.0 Å². The molecule has 2 heterocycles. The lowest BCUT2D eigenvalue weighted by atomic mass is 9.94. The summed E-state index contributed by atoms with van der Waals surface area (Å²) >= 11 is 0. The van der Waals surface area contributed by atoms with Crippen molar-refractivity contribution in [1.29, 1.82) is 0 Å². The molecule has 1 aliphatic heterocycles. The average molecular weight is 223 g/mol. The minimum Gasteiger partial charge on any atom is -0.339 e. The minimum absolute atomic E-state index is 0.140. The zero-order valence-electron chi connectivity index (χ0n) is 9.77. The molecule has 88 valence electrons. The molecular formula is C11H17N3O2. The van der Waals surface area contributed by atoms with Gasteiger partial charge < -0.3 is 9.42 Å². The smallest absolute Gasteiger partial charge is 0.238 e. The van der Waals surface area contributed by atoms with E-state index in [2.05, 4.69) is 22.1 Å². The van der Waals surface area contributed by atoms with Crippen LogP contribution in [0.25, 0.3) is 0 Å². The second kappa shape index (κ2) is 4.74. The molecule has 0 aliphatic carbocycles. The van der Waals surface area contributed by atoms with Crippen molar-refractivity contribution in [3.05, 3.63) is 11.7 Å². The number of piperidine rings is 1. The number of carbonyl (C=O) groups is 1. The molecule has 5 heteroatoms. The highest BCUT2D eigenvalue weighted by molar-refractivity contribution is 5.89. The summed E-state index contributed by atoms with van der Waals surface area (Å²) in [6.07, 6.45) is 3.12. The largest absolute Gasteiger partial charge is 0.339 e. The summed E-state index contributed by atoms with van der Waals surface area (Å²) in [4.78, 5) is 17.4. The molecule has 0 bridgehead atoms. The van der Waals surface area contributed by atoms with E-state index in [9.17, 15) is 4.79 Å². The second-order valence-electron chi connectivity index (χ2n) is 4.52. The van der Waals surface area contributed by atoms with Crippen LogP contribution >= 0.6 is 0 Å². The van der Waals surface area contributed by atoms with Gasteiger partial charge in [0.2, 0.25) is 17.5 Å². The van der Waals surface area contributed by atoms with Gasteiger partial charge in [-0.3, -0.25) is 4.79 Å². The number of carbonyl (C=O) groups excluding carboxylic acids is 1. The van der Waals surface area contributed by atoms with Crippen molar-refractivity contribution in [2.75, 3.05) is 20.1 Å². The van der Waals surface area contributed by atoms with Gasteiger partial charge in [0.05, 0.1) is 0 Å². The first-order valence-corrected chi connectivity index (χ1v) is 5.67. The van der Waals surface area contributed by atoms with Gasteiger partial charge >= 0.3 is 0 Å². The van der Waals surface area contributed by atoms with Crippen molar-refractivity contribution in [3.63, 3.8) is 0 Å². The van der Waals surface area contributed by atoms with Crippen LogP contribution in [0.1, 0.15) is 36.3 Å². The summed E-state index contributed by atoms with van der Waals surface area (Å²) in [5, 5.41) is 3.65. The molecule has 1 aliphatic rings. The number of Topliss-reactive ketones (excluding diaryl/α,β-unsaturated/α-hetero) is 1. The highest BCUT2D eigenvalue weighted by Crippen LogP contribution is 2.19. The van der Waals surface area contributed by atoms with Gasteiger partial charge in [0.15, 0.2) is 0 Å². The van der Waals surface area contributed by atoms with E-state index in [0.717, 1.165) is 32.4 Å². The van der Waals surface area contributed by atoms with E-state index in [-0.39, 0.29) is 11.6 Å². The number of likely N-dealkylation sites (tertiary alicyclic amines) is 1. The van der Waals surface area contributed by atoms with Gasteiger partial charge in [-0.25, -0.2) is 0 Å². The predicted molar refractivity (Wildman–Crippen MR) is 58.2 cm³/mol. The zero-order chi connectivity index (χ0) is 11.5. The summed E-state index contributed by atoms with van der Waals surface area (Å²) in [7, 11) is 2.14. The van der Waals surface area contributed by atoms with E-state index in [1.54, 1.807) is 0 Å². The van der Waals surface area contributed by atoms with Crippen molar-refractivity contribution >= 4 is 5.78 Å². The normalized spacial score (nSPS) is 18.9. The molecule has 0 N–H and O–H groups in total. The molecule has 0 amide bonds. The number of hydrogen-bond donors (Lipinski definition) is 0. The first-order chi connectivity index (χ1) is 7.65. The molecule has 1 aromatic rings. The number of ketones is 1. The third-order valence-electron chi connectivity index (χ3n) is 3.08. The second-order valence-corrected chi connectivity index (χ2v) is 4.52. The first kappa shape index (κ1) is 11.3. The monoisotopic (exact) mass is 223 g/mol. The Kier molecular flexibility index (Phi) is 3.33. The maximum atomic E-state index is 11.0. The third-order valence-corrected chi connectivity index (χ3v) is 3.08. The molecule has 2 rings (SSSR count). The van der Waals surface area contributed by atoms with Crippen molar-refractivity contribution in [2.24, 2.45) is 5.92 Å². The molecule has 0 saturated carbocycles. The lowest BCUT2D eigenvalue weighted by Crippen LogP contribution is -2.31. The fourth-order valence-corrected chi connectivity index (χ4v) is 1.99. The molecular weight excluding hydrogens is 206 g/mol. The van der Waals surface area contributed by atoms with Crippen LogP contribution in [0.4, 0.5) is 0 Å². The summed E-state index contributed by atoms with van der Waals surface area (Å²) in [5.41, 5.74) is 0. The van der Waals surface area contributed by atoms with Crippen LogP contribution < -0.4 is 0 Å². The molecule has 0 spiro atoms. The van der Waals surface area contributed by atoms with Crippen LogP contribution in [0.5, 0.6) is 0 Å². The van der Waals surface area contributed by atoms with Crippen LogP contribution in [0.2, 0.25) is 0 Å². The van der Waals surface area contributed by atoms with E-state index >= 15 is 0 Å². The van der Waals surface area contributed by atoms with Crippen LogP contribution in [-0.4, -0.2) is 41.0 Å². The Morgan fingerprint density at radius 1 is 1.50 bits per heavy atom. The fraction of sp³-hybridized carbons (Fsp3) is 0.727. The van der Waals surface area contributed by atoms with Gasteiger partial charge in [-0.1, -0.05) is 5.16 Å². The Morgan fingerprint density at radius 2 is 2.19 bits per heavy atom. The van der Waals surface area contributed by atoms with E-state index in [1.165, 1.54) is 6.92 Å². The van der Waals surface area contributed by atoms with Crippen molar-refractivity contribution < 1.29 is 9.32 Å². The highest BCUT2D eigenvalue weighted by Gasteiger charge is 2.20. The predicted octanol–water partition coefficient (Wildman–Crippen LogP) is 1.16. The van der Waals surface area contributed by atoms with Gasteiger partial charge in [0.25, 0.3) is 0 Å². The van der Waals surface area contributed by atoms with Gasteiger partial charge in [-0.05, 0) is 38.9 Å². The van der Waals surface area contributed by atoms with Crippen LogP contribution in [0.15, 0.2) is 4.52 Å². The zero-order valence-corrected chi connectivity index (χ0v) is 9.77. The van der Waals surface area contributed by atoms with Gasteiger partial charge in [0.1, 0.15) is 0 Å². The van der Waals surface area contributed by atoms with Crippen LogP contribution in [-0.2, 0) is 6.42 Å². The quantitative estimate of drug-likeness (QED) is 0.719. The average Bonchev–Trinajstić information content (AvgIpc) is 2.70. The van der Waals surface area contributed by atoms with Crippen molar-refractivity contribution in [2.45, 2.75) is 26.2 Å². The molecule has 0 unspecified atom stereocenters. The van der Waals surface area contributed by atoms with E-state index in [0.29, 0.717) is 11.8 Å². The molecule has 0 atom stereocenters. The standard InChI is InChI=1S/C11H17N3O2/c1-8(15)11-12-10(16-13-11)7-9-3-5-14(2)6-4-9/h9H,3-7H2,1-2H3. The lowest BCUT2D eigenvalue weighted by molar-refractivity contribution is 0.100. The molecule has 16 heavy (non-hydrogen) atoms. The molecule has 0 radical (unpaired) electrons. The Labute approximate surface area is 94.8 Å². The van der Waals surface area contributed by atoms with E-state index in [1.807, 2.05) is 0 Å². The Bertz CT molecular complexity index is 367. The van der Waals surface area contributed by atoms with Crippen molar-refractivity contribution in [3.8, 4) is 0 Å². The van der Waals surface area contributed by atoms with Crippen LogP contribution in [0, 0.1) is 5.92 Å². The Balaban J connectivity index is 1.91. The summed E-state index contributed by atoms with van der Waals surface area (Å²) in [6.45, 7) is 3.70. The van der Waals surface area contributed by atoms with E-state index in [4.69, 9.17) is 4.52 Å². The summed E-state index contributed by atoms with van der Waals surface area (Å²) < 4.78 is 5.06. The molecule has 1 fully saturated rings. The number of aromatic nitrogens is 2. The molecule has 5 nitrogen and oxygen atoms in total. The Hall–Kier alpha value is -1.23. The topological polar surface area (TPSA) is 59.2 Å². The molecule has 1 saturated heterocycles. The SMILES string of the molecule is CC(=O)c1noc(CC2CCN(C)CC2)n1. The van der Waals surface area contributed by atoms with E-state index < -0.39 is 0 Å². The minimum atomic E-state index is -0.140. The number of hydrogen-bond acceptors (Lipinski definition) is 5. The van der Waals surface area contributed by atoms with Crippen LogP contribution in [0.3, 0.4) is 0 Å². The fourth-order valence-electron chi connectivity index (χ4n) is 1.99. The van der Waals surface area contributed by atoms with Gasteiger partial charge in [-0.15, -0.1) is 0 Å². The van der Waals surface area contributed by atoms with Gasteiger partial charge in [-0.2, -0.15) is 4.98 Å². The maximum absolute atomic E-state index is 11.0.